The highest BCUT2D eigenvalue weighted by atomic mass is 32.1. The van der Waals surface area contributed by atoms with Crippen LogP contribution in [0.2, 0.25) is 0 Å². The maximum Gasteiger partial charge on any atom is 0.268 e. The van der Waals surface area contributed by atoms with E-state index in [-0.39, 0.29) is 17.0 Å². The Morgan fingerprint density at radius 3 is 2.68 bits per heavy atom. The lowest BCUT2D eigenvalue weighted by atomic mass is 10.0. The number of nitrogens with zero attached hydrogens (tertiary/aromatic N) is 3. The number of nitrogens with one attached hydrogen (secondary N) is 1. The Labute approximate surface area is 168 Å². The summed E-state index contributed by atoms with van der Waals surface area (Å²) in [5, 5.41) is 12.6. The fourth-order valence-corrected chi connectivity index (χ4v) is 3.66. The maximum atomic E-state index is 13.0. The molecule has 0 saturated heterocycles. The number of rotatable bonds is 6. The van der Waals surface area contributed by atoms with Crippen LogP contribution in [0.25, 0.3) is 5.69 Å². The Bertz CT molecular complexity index is 1050. The van der Waals surface area contributed by atoms with Crippen LogP contribution in [0.1, 0.15) is 51.3 Å². The van der Waals surface area contributed by atoms with Gasteiger partial charge in [-0.3, -0.25) is 14.2 Å². The molecule has 146 valence electrons. The summed E-state index contributed by atoms with van der Waals surface area (Å²) in [4.78, 5) is 25.7. The zero-order chi connectivity index (χ0) is 20.3. The van der Waals surface area contributed by atoms with Gasteiger partial charge < -0.3 is 5.32 Å². The number of carbonyl (C=O) groups is 1. The molecule has 0 saturated carbocycles. The van der Waals surface area contributed by atoms with Gasteiger partial charge in [0.2, 0.25) is 0 Å². The van der Waals surface area contributed by atoms with Crippen LogP contribution in [-0.2, 0) is 6.42 Å². The number of hydrogen-bond acceptors (Lipinski definition) is 5. The molecule has 3 rings (SSSR count). The minimum absolute atomic E-state index is 0.172. The van der Waals surface area contributed by atoms with Crippen LogP contribution in [0, 0.1) is 13.8 Å². The minimum Gasteiger partial charge on any atom is -0.351 e. The van der Waals surface area contributed by atoms with Crippen molar-refractivity contribution in [3.8, 4) is 5.69 Å². The Morgan fingerprint density at radius 2 is 2.00 bits per heavy atom. The number of aryl methyl sites for hydroxylation is 2. The van der Waals surface area contributed by atoms with Gasteiger partial charge in [-0.05, 0) is 49.1 Å². The van der Waals surface area contributed by atoms with Gasteiger partial charge in [-0.1, -0.05) is 26.0 Å². The monoisotopic (exact) mass is 396 g/mol. The first-order valence-corrected chi connectivity index (χ1v) is 10.1. The van der Waals surface area contributed by atoms with E-state index in [4.69, 9.17) is 0 Å². The molecule has 0 aliphatic heterocycles. The van der Waals surface area contributed by atoms with Gasteiger partial charge in [0, 0.05) is 24.8 Å². The third kappa shape index (κ3) is 4.36. The SMILES string of the molecule is Cc1nnc(CCNC(=O)c2c(C)ccn(-c3cccc(C(C)C)c3)c2=O)s1. The third-order valence-corrected chi connectivity index (χ3v) is 5.43. The van der Waals surface area contributed by atoms with E-state index in [9.17, 15) is 9.59 Å². The fraction of sp³-hybridized carbons (Fsp3) is 0.333. The summed E-state index contributed by atoms with van der Waals surface area (Å²) in [5.41, 5.74) is 2.42. The van der Waals surface area contributed by atoms with E-state index in [0.29, 0.717) is 24.4 Å². The Hall–Kier alpha value is -2.80. The maximum absolute atomic E-state index is 13.0. The van der Waals surface area contributed by atoms with Gasteiger partial charge in [-0.25, -0.2) is 0 Å². The van der Waals surface area contributed by atoms with Crippen molar-refractivity contribution in [1.29, 1.82) is 0 Å². The molecule has 0 aliphatic rings. The van der Waals surface area contributed by atoms with Crippen molar-refractivity contribution in [2.45, 2.75) is 40.0 Å². The van der Waals surface area contributed by atoms with E-state index in [2.05, 4.69) is 29.4 Å². The van der Waals surface area contributed by atoms with Crippen LogP contribution in [0.4, 0.5) is 0 Å². The van der Waals surface area contributed by atoms with E-state index in [1.54, 1.807) is 19.2 Å². The first-order valence-electron chi connectivity index (χ1n) is 9.26. The van der Waals surface area contributed by atoms with Gasteiger partial charge in [-0.15, -0.1) is 21.5 Å². The quantitative estimate of drug-likeness (QED) is 0.693. The molecular weight excluding hydrogens is 372 g/mol. The zero-order valence-electron chi connectivity index (χ0n) is 16.5. The first kappa shape index (κ1) is 19.9. The molecule has 3 aromatic rings. The summed E-state index contributed by atoms with van der Waals surface area (Å²) in [6.07, 6.45) is 2.31. The van der Waals surface area contributed by atoms with Crippen LogP contribution in [-0.4, -0.2) is 27.2 Å². The number of carbonyl (C=O) groups excluding carboxylic acids is 1. The van der Waals surface area contributed by atoms with Crippen molar-refractivity contribution >= 4 is 17.2 Å². The average Bonchev–Trinajstić information content (AvgIpc) is 3.07. The van der Waals surface area contributed by atoms with Crippen LogP contribution in [0.5, 0.6) is 0 Å². The molecule has 2 heterocycles. The number of aromatic nitrogens is 3. The molecule has 0 radical (unpaired) electrons. The van der Waals surface area contributed by atoms with E-state index in [1.807, 2.05) is 31.2 Å². The molecule has 0 atom stereocenters. The van der Waals surface area contributed by atoms with Crippen molar-refractivity contribution in [2.24, 2.45) is 0 Å². The Morgan fingerprint density at radius 1 is 1.21 bits per heavy atom. The lowest BCUT2D eigenvalue weighted by Gasteiger charge is -2.13. The van der Waals surface area contributed by atoms with Gasteiger partial charge in [0.05, 0.1) is 0 Å². The average molecular weight is 397 g/mol. The molecular formula is C21H24N4O2S. The second kappa shape index (κ2) is 8.48. The summed E-state index contributed by atoms with van der Waals surface area (Å²) in [6, 6.07) is 9.63. The topological polar surface area (TPSA) is 76.9 Å². The highest BCUT2D eigenvalue weighted by Gasteiger charge is 2.16. The lowest BCUT2D eigenvalue weighted by Crippen LogP contribution is -2.34. The smallest absolute Gasteiger partial charge is 0.268 e. The molecule has 1 N–H and O–H groups in total. The Balaban J connectivity index is 1.83. The van der Waals surface area contributed by atoms with E-state index in [0.717, 1.165) is 21.3 Å². The summed E-state index contributed by atoms with van der Waals surface area (Å²) in [6.45, 7) is 8.29. The van der Waals surface area contributed by atoms with Crippen LogP contribution >= 0.6 is 11.3 Å². The van der Waals surface area contributed by atoms with Gasteiger partial charge >= 0.3 is 0 Å². The third-order valence-electron chi connectivity index (χ3n) is 4.54. The van der Waals surface area contributed by atoms with E-state index in [1.165, 1.54) is 15.9 Å². The number of amides is 1. The van der Waals surface area contributed by atoms with Crippen LogP contribution in [0.3, 0.4) is 0 Å². The molecule has 0 unspecified atom stereocenters. The van der Waals surface area contributed by atoms with Crippen molar-refractivity contribution in [2.75, 3.05) is 6.54 Å². The highest BCUT2D eigenvalue weighted by Crippen LogP contribution is 2.18. The minimum atomic E-state index is -0.363. The largest absolute Gasteiger partial charge is 0.351 e. The van der Waals surface area contributed by atoms with Crippen molar-refractivity contribution in [3.63, 3.8) is 0 Å². The van der Waals surface area contributed by atoms with Gasteiger partial charge in [-0.2, -0.15) is 0 Å². The van der Waals surface area contributed by atoms with Crippen LogP contribution in [0.15, 0.2) is 41.3 Å². The van der Waals surface area contributed by atoms with Gasteiger partial charge in [0.25, 0.3) is 11.5 Å². The van der Waals surface area contributed by atoms with Crippen LogP contribution < -0.4 is 10.9 Å². The molecule has 0 fully saturated rings. The summed E-state index contributed by atoms with van der Waals surface area (Å²) in [7, 11) is 0. The lowest BCUT2D eigenvalue weighted by molar-refractivity contribution is 0.0951. The zero-order valence-corrected chi connectivity index (χ0v) is 17.3. The molecule has 6 nitrogen and oxygen atoms in total. The van der Waals surface area contributed by atoms with Crippen molar-refractivity contribution < 1.29 is 4.79 Å². The summed E-state index contributed by atoms with van der Waals surface area (Å²) < 4.78 is 1.53. The molecule has 1 amide bonds. The second-order valence-corrected chi connectivity index (χ2v) is 8.29. The molecule has 28 heavy (non-hydrogen) atoms. The van der Waals surface area contributed by atoms with E-state index < -0.39 is 0 Å². The normalized spacial score (nSPS) is 11.0. The predicted molar refractivity (Wildman–Crippen MR) is 112 cm³/mol. The number of benzene rings is 1. The molecule has 0 spiro atoms. The molecule has 1 aromatic carbocycles. The fourth-order valence-electron chi connectivity index (χ4n) is 2.95. The standard InChI is InChI=1S/C21H24N4O2S/c1-13(2)16-6-5-7-17(12-16)25-11-9-14(3)19(21(25)27)20(26)22-10-8-18-24-23-15(4)28-18/h5-7,9,11-13H,8,10H2,1-4H3,(H,22,26). The summed E-state index contributed by atoms with van der Waals surface area (Å²) in [5.74, 6) is -0.00837. The van der Waals surface area contributed by atoms with Crippen molar-refractivity contribution in [3.05, 3.63) is 73.6 Å². The Kier molecular flexibility index (Phi) is 6.04. The van der Waals surface area contributed by atoms with Crippen molar-refractivity contribution in [1.82, 2.24) is 20.1 Å². The van der Waals surface area contributed by atoms with Gasteiger partial charge in [0.15, 0.2) is 0 Å². The molecule has 7 heteroatoms. The van der Waals surface area contributed by atoms with E-state index >= 15 is 0 Å². The number of hydrogen-bond donors (Lipinski definition) is 1. The van der Waals surface area contributed by atoms with Gasteiger partial charge in [0.1, 0.15) is 15.6 Å². The highest BCUT2D eigenvalue weighted by molar-refractivity contribution is 7.11. The predicted octanol–water partition coefficient (Wildman–Crippen LogP) is 3.40. The molecule has 0 aliphatic carbocycles. The molecule has 2 aromatic heterocycles. The molecule has 0 bridgehead atoms. The second-order valence-electron chi connectivity index (χ2n) is 7.02. The number of pyridine rings is 1. The summed E-state index contributed by atoms with van der Waals surface area (Å²) >= 11 is 1.51. The first-order chi connectivity index (χ1) is 13.4.